The fraction of sp³-hybridized carbons (Fsp3) is 0.200. The molecule has 0 fully saturated rings. The molecule has 0 atom stereocenters. The second-order valence-corrected chi connectivity index (χ2v) is 4.89. The molecule has 2 aromatic rings. The SMILES string of the molecule is COc1cccc(N(C)Cc2cc(N)cc(Cl)c2)c1. The van der Waals surface area contributed by atoms with Crippen LogP contribution in [0.2, 0.25) is 5.02 Å². The molecule has 0 saturated heterocycles. The van der Waals surface area contributed by atoms with Crippen molar-refractivity contribution in [3.63, 3.8) is 0 Å². The molecule has 19 heavy (non-hydrogen) atoms. The first kappa shape index (κ1) is 13.6. The molecule has 0 spiro atoms. The van der Waals surface area contributed by atoms with Crippen LogP contribution < -0.4 is 15.4 Å². The van der Waals surface area contributed by atoms with Gasteiger partial charge < -0.3 is 15.4 Å². The van der Waals surface area contributed by atoms with Gasteiger partial charge in [-0.3, -0.25) is 0 Å². The smallest absolute Gasteiger partial charge is 0.120 e. The van der Waals surface area contributed by atoms with E-state index in [1.807, 2.05) is 43.4 Å². The van der Waals surface area contributed by atoms with Crippen molar-refractivity contribution in [3.05, 3.63) is 53.1 Å². The van der Waals surface area contributed by atoms with Crippen LogP contribution in [0.1, 0.15) is 5.56 Å². The van der Waals surface area contributed by atoms with Crippen LogP contribution >= 0.6 is 11.6 Å². The molecule has 0 aliphatic carbocycles. The lowest BCUT2D eigenvalue weighted by Crippen LogP contribution is -2.16. The average molecular weight is 277 g/mol. The Bertz CT molecular complexity index is 552. The number of anilines is 2. The summed E-state index contributed by atoms with van der Waals surface area (Å²) in [6.45, 7) is 0.734. The molecule has 2 N–H and O–H groups in total. The minimum atomic E-state index is 0.661. The summed E-state index contributed by atoms with van der Waals surface area (Å²) >= 11 is 6.01. The zero-order valence-corrected chi connectivity index (χ0v) is 11.8. The van der Waals surface area contributed by atoms with Crippen molar-refractivity contribution in [2.24, 2.45) is 0 Å². The molecule has 0 bridgehead atoms. The van der Waals surface area contributed by atoms with Crippen LogP contribution in [-0.2, 0) is 6.54 Å². The quantitative estimate of drug-likeness (QED) is 0.868. The Hall–Kier alpha value is -1.87. The third kappa shape index (κ3) is 3.55. The van der Waals surface area contributed by atoms with Crippen LogP contribution in [-0.4, -0.2) is 14.2 Å². The maximum absolute atomic E-state index is 6.01. The summed E-state index contributed by atoms with van der Waals surface area (Å²) in [5.41, 5.74) is 8.64. The van der Waals surface area contributed by atoms with Crippen molar-refractivity contribution >= 4 is 23.0 Å². The number of nitrogens with two attached hydrogens (primary N) is 1. The van der Waals surface area contributed by atoms with E-state index < -0.39 is 0 Å². The zero-order chi connectivity index (χ0) is 13.8. The van der Waals surface area contributed by atoms with Crippen molar-refractivity contribution < 1.29 is 4.74 Å². The highest BCUT2D eigenvalue weighted by Crippen LogP contribution is 2.23. The Morgan fingerprint density at radius 2 is 2.00 bits per heavy atom. The van der Waals surface area contributed by atoms with Crippen LogP contribution in [0.25, 0.3) is 0 Å². The van der Waals surface area contributed by atoms with Crippen LogP contribution in [0, 0.1) is 0 Å². The number of benzene rings is 2. The lowest BCUT2D eigenvalue weighted by molar-refractivity contribution is 0.415. The fourth-order valence-electron chi connectivity index (χ4n) is 1.98. The van der Waals surface area contributed by atoms with Gasteiger partial charge in [-0.05, 0) is 35.9 Å². The fourth-order valence-corrected chi connectivity index (χ4v) is 2.25. The van der Waals surface area contributed by atoms with Crippen molar-refractivity contribution in [3.8, 4) is 5.75 Å². The van der Waals surface area contributed by atoms with Gasteiger partial charge in [-0.15, -0.1) is 0 Å². The van der Waals surface area contributed by atoms with Gasteiger partial charge in [0, 0.05) is 36.1 Å². The summed E-state index contributed by atoms with van der Waals surface area (Å²) in [5, 5.41) is 0.661. The maximum atomic E-state index is 6.01. The molecule has 100 valence electrons. The van der Waals surface area contributed by atoms with Crippen molar-refractivity contribution in [1.29, 1.82) is 0 Å². The molecule has 2 rings (SSSR count). The summed E-state index contributed by atoms with van der Waals surface area (Å²) in [4.78, 5) is 2.12. The first-order valence-corrected chi connectivity index (χ1v) is 6.36. The van der Waals surface area contributed by atoms with Crippen molar-refractivity contribution in [1.82, 2.24) is 0 Å². The van der Waals surface area contributed by atoms with E-state index in [4.69, 9.17) is 22.1 Å². The molecule has 0 amide bonds. The summed E-state index contributed by atoms with van der Waals surface area (Å²) in [7, 11) is 3.68. The van der Waals surface area contributed by atoms with Gasteiger partial charge in [-0.25, -0.2) is 0 Å². The van der Waals surface area contributed by atoms with Crippen LogP contribution in [0.5, 0.6) is 5.75 Å². The standard InChI is InChI=1S/C15H17ClN2O/c1-18(14-4-3-5-15(9-14)19-2)10-11-6-12(16)8-13(17)7-11/h3-9H,10,17H2,1-2H3. The minimum absolute atomic E-state index is 0.661. The number of methoxy groups -OCH3 is 1. The molecule has 0 aliphatic heterocycles. The summed E-state index contributed by atoms with van der Waals surface area (Å²) < 4.78 is 5.23. The zero-order valence-electron chi connectivity index (χ0n) is 11.1. The van der Waals surface area contributed by atoms with Gasteiger partial charge in [-0.2, -0.15) is 0 Å². The third-order valence-corrected chi connectivity index (χ3v) is 3.11. The van der Waals surface area contributed by atoms with Crippen molar-refractivity contribution in [2.45, 2.75) is 6.54 Å². The number of nitrogens with zero attached hydrogens (tertiary/aromatic N) is 1. The highest BCUT2D eigenvalue weighted by atomic mass is 35.5. The molecule has 0 radical (unpaired) electrons. The van der Waals surface area contributed by atoms with E-state index in [1.54, 1.807) is 13.2 Å². The van der Waals surface area contributed by atoms with Crippen LogP contribution in [0.15, 0.2) is 42.5 Å². The van der Waals surface area contributed by atoms with Gasteiger partial charge in [0.25, 0.3) is 0 Å². The predicted octanol–water partition coefficient (Wildman–Crippen LogP) is 3.57. The summed E-state index contributed by atoms with van der Waals surface area (Å²) in [6, 6.07) is 13.5. The minimum Gasteiger partial charge on any atom is -0.497 e. The predicted molar refractivity (Wildman–Crippen MR) is 81.0 cm³/mol. The largest absolute Gasteiger partial charge is 0.497 e. The molecule has 0 aromatic heterocycles. The number of nitrogen functional groups attached to an aromatic ring is 1. The number of hydrogen-bond acceptors (Lipinski definition) is 3. The van der Waals surface area contributed by atoms with Gasteiger partial charge in [0.05, 0.1) is 7.11 Å². The third-order valence-electron chi connectivity index (χ3n) is 2.89. The first-order valence-electron chi connectivity index (χ1n) is 5.98. The van der Waals surface area contributed by atoms with Gasteiger partial charge in [0.1, 0.15) is 5.75 Å². The number of ether oxygens (including phenoxy) is 1. The van der Waals surface area contributed by atoms with E-state index in [-0.39, 0.29) is 0 Å². The molecule has 0 unspecified atom stereocenters. The van der Waals surface area contributed by atoms with Gasteiger partial charge in [-0.1, -0.05) is 17.7 Å². The lowest BCUT2D eigenvalue weighted by atomic mass is 10.2. The Labute approximate surface area is 118 Å². The van der Waals surface area contributed by atoms with Crippen LogP contribution in [0.4, 0.5) is 11.4 Å². The van der Waals surface area contributed by atoms with E-state index in [1.165, 1.54) is 0 Å². The van der Waals surface area contributed by atoms with E-state index >= 15 is 0 Å². The first-order chi connectivity index (χ1) is 9.08. The Balaban J connectivity index is 2.17. The van der Waals surface area contributed by atoms with E-state index in [0.717, 1.165) is 23.5 Å². The summed E-state index contributed by atoms with van der Waals surface area (Å²) in [6.07, 6.45) is 0. The van der Waals surface area contributed by atoms with E-state index in [0.29, 0.717) is 10.7 Å². The number of halogens is 1. The van der Waals surface area contributed by atoms with Crippen LogP contribution in [0.3, 0.4) is 0 Å². The second kappa shape index (κ2) is 5.85. The molecule has 2 aromatic carbocycles. The molecule has 0 saturated carbocycles. The summed E-state index contributed by atoms with van der Waals surface area (Å²) in [5.74, 6) is 0.843. The molecule has 0 aliphatic rings. The highest BCUT2D eigenvalue weighted by Gasteiger charge is 2.05. The topological polar surface area (TPSA) is 38.5 Å². The Morgan fingerprint density at radius 1 is 1.21 bits per heavy atom. The monoisotopic (exact) mass is 276 g/mol. The normalized spacial score (nSPS) is 10.3. The molecular formula is C15H17ClN2O. The Kier molecular flexibility index (Phi) is 4.17. The van der Waals surface area contributed by atoms with Gasteiger partial charge in [0.2, 0.25) is 0 Å². The second-order valence-electron chi connectivity index (χ2n) is 4.45. The van der Waals surface area contributed by atoms with Crippen molar-refractivity contribution in [2.75, 3.05) is 24.8 Å². The average Bonchev–Trinajstić information content (AvgIpc) is 2.37. The number of hydrogen-bond donors (Lipinski definition) is 1. The maximum Gasteiger partial charge on any atom is 0.120 e. The molecule has 0 heterocycles. The van der Waals surface area contributed by atoms with Gasteiger partial charge >= 0.3 is 0 Å². The molecule has 4 heteroatoms. The van der Waals surface area contributed by atoms with E-state index in [2.05, 4.69) is 4.90 Å². The van der Waals surface area contributed by atoms with E-state index in [9.17, 15) is 0 Å². The molecule has 3 nitrogen and oxygen atoms in total. The molecular weight excluding hydrogens is 260 g/mol. The van der Waals surface area contributed by atoms with Gasteiger partial charge in [0.15, 0.2) is 0 Å². The lowest BCUT2D eigenvalue weighted by Gasteiger charge is -2.20. The number of rotatable bonds is 4. The Morgan fingerprint density at radius 3 is 2.68 bits per heavy atom. The highest BCUT2D eigenvalue weighted by molar-refractivity contribution is 6.30.